The van der Waals surface area contributed by atoms with Crippen molar-refractivity contribution in [2.45, 2.75) is 0 Å². The maximum atomic E-state index is 13.4. The number of hydrogen-bond donors (Lipinski definition) is 0. The van der Waals surface area contributed by atoms with Gasteiger partial charge in [0.05, 0.1) is 9.09 Å². The van der Waals surface area contributed by atoms with Gasteiger partial charge in [-0.15, -0.1) is 0 Å². The Bertz CT molecular complexity index is 562. The molecule has 0 aliphatic rings. The van der Waals surface area contributed by atoms with Gasteiger partial charge in [-0.05, 0) is 34.7 Å². The van der Waals surface area contributed by atoms with E-state index in [4.69, 9.17) is 0 Å². The van der Waals surface area contributed by atoms with Gasteiger partial charge in [0.2, 0.25) is 5.43 Å². The van der Waals surface area contributed by atoms with Crippen molar-refractivity contribution in [3.8, 4) is 0 Å². The Morgan fingerprint density at radius 1 is 1.43 bits per heavy atom. The van der Waals surface area contributed by atoms with Crippen molar-refractivity contribution in [1.29, 1.82) is 0 Å². The van der Waals surface area contributed by atoms with Crippen LogP contribution in [0.1, 0.15) is 0 Å². The zero-order chi connectivity index (χ0) is 10.3. The molecule has 0 saturated carbocycles. The van der Waals surface area contributed by atoms with E-state index in [1.54, 1.807) is 29.9 Å². The molecule has 2 aromatic rings. The van der Waals surface area contributed by atoms with E-state index >= 15 is 0 Å². The Morgan fingerprint density at radius 2 is 2.14 bits per heavy atom. The zero-order valence-corrected chi connectivity index (χ0v) is 9.58. The quantitative estimate of drug-likeness (QED) is 0.684. The second kappa shape index (κ2) is 3.34. The van der Waals surface area contributed by atoms with Crippen LogP contribution in [0.4, 0.5) is 4.39 Å². The largest absolute Gasteiger partial charge is 0.347 e. The van der Waals surface area contributed by atoms with Crippen molar-refractivity contribution >= 4 is 33.5 Å². The maximum Gasteiger partial charge on any atom is 0.202 e. The summed E-state index contributed by atoms with van der Waals surface area (Å²) in [6.07, 6.45) is 1.63. The molecular formula is C10H7FINO. The van der Waals surface area contributed by atoms with Gasteiger partial charge in [0.25, 0.3) is 0 Å². The standard InChI is InChI=1S/C10H7FINO/c1-13-5-8(12)10(14)6-3-2-4-7(11)9(6)13/h2-5H,1H3. The van der Waals surface area contributed by atoms with Crippen molar-refractivity contribution in [2.24, 2.45) is 7.05 Å². The molecule has 0 aliphatic heterocycles. The van der Waals surface area contributed by atoms with E-state index in [1.807, 2.05) is 22.6 Å². The lowest BCUT2D eigenvalue weighted by Crippen LogP contribution is -2.11. The Hall–Kier alpha value is -0.910. The molecule has 2 nitrogen and oxygen atoms in total. The predicted molar refractivity (Wildman–Crippen MR) is 61.9 cm³/mol. The first-order valence-electron chi connectivity index (χ1n) is 4.04. The predicted octanol–water partition coefficient (Wildman–Crippen LogP) is 2.28. The molecule has 0 amide bonds. The molecule has 0 atom stereocenters. The van der Waals surface area contributed by atoms with Crippen molar-refractivity contribution in [3.05, 3.63) is 44.0 Å². The van der Waals surface area contributed by atoms with Gasteiger partial charge in [0.15, 0.2) is 0 Å². The van der Waals surface area contributed by atoms with Gasteiger partial charge in [-0.25, -0.2) is 4.39 Å². The number of hydrogen-bond acceptors (Lipinski definition) is 1. The fourth-order valence-corrected chi connectivity index (χ4v) is 2.19. The second-order valence-electron chi connectivity index (χ2n) is 3.05. The molecular weight excluding hydrogens is 296 g/mol. The third kappa shape index (κ3) is 1.33. The highest BCUT2D eigenvalue weighted by Gasteiger charge is 2.08. The normalized spacial score (nSPS) is 10.8. The van der Waals surface area contributed by atoms with Crippen LogP contribution in [0.25, 0.3) is 10.9 Å². The Morgan fingerprint density at radius 3 is 2.86 bits per heavy atom. The van der Waals surface area contributed by atoms with E-state index in [9.17, 15) is 9.18 Å². The molecule has 14 heavy (non-hydrogen) atoms. The molecule has 2 rings (SSSR count). The van der Waals surface area contributed by atoms with E-state index < -0.39 is 0 Å². The Balaban J connectivity index is 3.10. The lowest BCUT2D eigenvalue weighted by Gasteiger charge is -2.06. The molecule has 0 aliphatic carbocycles. The van der Waals surface area contributed by atoms with Gasteiger partial charge >= 0.3 is 0 Å². The minimum atomic E-state index is -0.362. The molecule has 4 heteroatoms. The number of pyridine rings is 1. The van der Waals surface area contributed by atoms with Crippen LogP contribution in [-0.2, 0) is 7.05 Å². The van der Waals surface area contributed by atoms with Gasteiger partial charge in [0.1, 0.15) is 5.82 Å². The van der Waals surface area contributed by atoms with Crippen molar-refractivity contribution in [3.63, 3.8) is 0 Å². The molecule has 0 radical (unpaired) electrons. The summed E-state index contributed by atoms with van der Waals surface area (Å²) >= 11 is 1.95. The van der Waals surface area contributed by atoms with Crippen LogP contribution in [0.2, 0.25) is 0 Å². The SMILES string of the molecule is Cn1cc(I)c(=O)c2cccc(F)c21. The van der Waals surface area contributed by atoms with Crippen LogP contribution in [-0.4, -0.2) is 4.57 Å². The molecule has 1 aromatic carbocycles. The van der Waals surface area contributed by atoms with Crippen LogP contribution < -0.4 is 5.43 Å². The average molecular weight is 303 g/mol. The Labute approximate surface area is 93.5 Å². The fourth-order valence-electron chi connectivity index (χ4n) is 1.48. The van der Waals surface area contributed by atoms with Gasteiger partial charge in [-0.2, -0.15) is 0 Å². The molecule has 0 saturated heterocycles. The number of nitrogens with zero attached hydrogens (tertiary/aromatic N) is 1. The Kier molecular flexibility index (Phi) is 2.30. The molecule has 0 bridgehead atoms. The molecule has 1 aromatic heterocycles. The van der Waals surface area contributed by atoms with E-state index in [-0.39, 0.29) is 11.2 Å². The average Bonchev–Trinajstić information content (AvgIpc) is 2.14. The summed E-state index contributed by atoms with van der Waals surface area (Å²) in [6, 6.07) is 4.55. The fraction of sp³-hybridized carbons (Fsp3) is 0.100. The van der Waals surface area contributed by atoms with Crippen LogP contribution in [0.5, 0.6) is 0 Å². The molecule has 0 unspecified atom stereocenters. The lowest BCUT2D eigenvalue weighted by atomic mass is 10.2. The van der Waals surface area contributed by atoms with Gasteiger partial charge < -0.3 is 4.57 Å². The summed E-state index contributed by atoms with van der Waals surface area (Å²) in [5, 5.41) is 0.430. The number of para-hydroxylation sites is 1. The highest BCUT2D eigenvalue weighted by molar-refractivity contribution is 14.1. The van der Waals surface area contributed by atoms with Crippen molar-refractivity contribution in [1.82, 2.24) is 4.57 Å². The number of benzene rings is 1. The first kappa shape index (κ1) is 9.64. The minimum absolute atomic E-state index is 0.113. The first-order valence-corrected chi connectivity index (χ1v) is 5.12. The van der Waals surface area contributed by atoms with Crippen LogP contribution in [0.15, 0.2) is 29.2 Å². The highest BCUT2D eigenvalue weighted by Crippen LogP contribution is 2.15. The third-order valence-electron chi connectivity index (χ3n) is 2.11. The zero-order valence-electron chi connectivity index (χ0n) is 7.42. The lowest BCUT2D eigenvalue weighted by molar-refractivity contribution is 0.630. The van der Waals surface area contributed by atoms with Gasteiger partial charge in [-0.1, -0.05) is 6.07 Å². The minimum Gasteiger partial charge on any atom is -0.347 e. The summed E-state index contributed by atoms with van der Waals surface area (Å²) in [5.41, 5.74) is 0.246. The highest BCUT2D eigenvalue weighted by atomic mass is 127. The van der Waals surface area contributed by atoms with Gasteiger partial charge in [-0.3, -0.25) is 4.79 Å². The molecule has 1 heterocycles. The third-order valence-corrected chi connectivity index (χ3v) is 2.88. The van der Waals surface area contributed by atoms with Crippen LogP contribution in [0, 0.1) is 9.39 Å². The number of halogens is 2. The summed E-state index contributed by atoms with van der Waals surface area (Å²) in [6.45, 7) is 0. The second-order valence-corrected chi connectivity index (χ2v) is 4.22. The number of rotatable bonds is 0. The van der Waals surface area contributed by atoms with Crippen molar-refractivity contribution in [2.75, 3.05) is 0 Å². The van der Waals surface area contributed by atoms with E-state index in [2.05, 4.69) is 0 Å². The summed E-state index contributed by atoms with van der Waals surface area (Å²) in [5.74, 6) is -0.362. The molecule has 0 fully saturated rings. The number of aromatic nitrogens is 1. The molecule has 0 spiro atoms. The topological polar surface area (TPSA) is 22.0 Å². The smallest absolute Gasteiger partial charge is 0.202 e. The number of fused-ring (bicyclic) bond motifs is 1. The number of aryl methyl sites for hydroxylation is 1. The van der Waals surface area contributed by atoms with Crippen molar-refractivity contribution < 1.29 is 4.39 Å². The van der Waals surface area contributed by atoms with Gasteiger partial charge in [0, 0.05) is 18.6 Å². The van der Waals surface area contributed by atoms with E-state index in [0.29, 0.717) is 14.5 Å². The van der Waals surface area contributed by atoms with E-state index in [1.165, 1.54) is 6.07 Å². The summed E-state index contributed by atoms with van der Waals surface area (Å²) in [7, 11) is 1.73. The summed E-state index contributed by atoms with van der Waals surface area (Å²) < 4.78 is 15.6. The van der Waals surface area contributed by atoms with Crippen LogP contribution in [0.3, 0.4) is 0 Å². The van der Waals surface area contributed by atoms with E-state index in [0.717, 1.165) is 0 Å². The summed E-state index contributed by atoms with van der Waals surface area (Å²) in [4.78, 5) is 11.6. The molecule has 72 valence electrons. The first-order chi connectivity index (χ1) is 6.61. The monoisotopic (exact) mass is 303 g/mol. The molecule has 0 N–H and O–H groups in total. The maximum absolute atomic E-state index is 13.4. The van der Waals surface area contributed by atoms with Crippen LogP contribution >= 0.6 is 22.6 Å².